The molecule has 0 aromatic carbocycles. The molecule has 2 heterocycles. The van der Waals surface area contributed by atoms with Crippen LogP contribution in [0.4, 0.5) is 10.7 Å². The van der Waals surface area contributed by atoms with E-state index in [1.165, 1.54) is 11.8 Å². The summed E-state index contributed by atoms with van der Waals surface area (Å²) >= 11 is 0. The molecule has 0 unspecified atom stereocenters. The van der Waals surface area contributed by atoms with Gasteiger partial charge < -0.3 is 4.74 Å². The van der Waals surface area contributed by atoms with Crippen LogP contribution in [0, 0.1) is 6.92 Å². The standard InChI is InChI=1S/C14H19N7O4S/c1-8-15-12(18-14(16-8)25-3)17-13(22)20-26(23,24)11-9-6-4-5-7-10(9)19-21(11)2/h4-7H2,1-3H3,(H2,15,16,17,18,20,22). The SMILES string of the molecule is COc1nc(C)nc(NC(=O)NS(=O)(=O)c2c3c(nn2C)CCCC3)n1. The summed E-state index contributed by atoms with van der Waals surface area (Å²) in [6.07, 6.45) is 3.20. The highest BCUT2D eigenvalue weighted by molar-refractivity contribution is 7.90. The summed E-state index contributed by atoms with van der Waals surface area (Å²) < 4.78 is 33.5. The molecular weight excluding hydrogens is 362 g/mol. The van der Waals surface area contributed by atoms with Crippen molar-refractivity contribution in [2.45, 2.75) is 37.6 Å². The Morgan fingerprint density at radius 1 is 1.19 bits per heavy atom. The number of nitrogens with one attached hydrogen (secondary N) is 2. The van der Waals surface area contributed by atoms with Gasteiger partial charge in [0.25, 0.3) is 10.0 Å². The number of fused-ring (bicyclic) bond motifs is 1. The van der Waals surface area contributed by atoms with Crippen LogP contribution in [0.15, 0.2) is 5.03 Å². The van der Waals surface area contributed by atoms with Gasteiger partial charge in [0.15, 0.2) is 5.03 Å². The molecule has 0 fully saturated rings. The van der Waals surface area contributed by atoms with Crippen LogP contribution < -0.4 is 14.8 Å². The molecule has 2 aromatic rings. The van der Waals surface area contributed by atoms with Gasteiger partial charge in [-0.15, -0.1) is 0 Å². The van der Waals surface area contributed by atoms with Crippen molar-refractivity contribution in [3.8, 4) is 6.01 Å². The minimum atomic E-state index is -4.10. The summed E-state index contributed by atoms with van der Waals surface area (Å²) in [4.78, 5) is 23.8. The maximum Gasteiger partial charge on any atom is 0.335 e. The van der Waals surface area contributed by atoms with Crippen molar-refractivity contribution in [1.82, 2.24) is 29.5 Å². The molecule has 12 heteroatoms. The van der Waals surface area contributed by atoms with Crippen LogP contribution >= 0.6 is 0 Å². The number of carbonyl (C=O) groups is 1. The zero-order valence-corrected chi connectivity index (χ0v) is 15.4. The molecule has 0 radical (unpaired) electrons. The van der Waals surface area contributed by atoms with Crippen molar-refractivity contribution < 1.29 is 17.9 Å². The number of anilines is 1. The maximum absolute atomic E-state index is 12.7. The van der Waals surface area contributed by atoms with E-state index < -0.39 is 16.1 Å². The number of ether oxygens (including phenoxy) is 1. The van der Waals surface area contributed by atoms with Crippen LogP contribution in [0.1, 0.15) is 29.9 Å². The number of hydrogen-bond acceptors (Lipinski definition) is 8. The van der Waals surface area contributed by atoms with E-state index in [0.717, 1.165) is 25.0 Å². The minimum absolute atomic E-state index is 0.00626. The summed E-state index contributed by atoms with van der Waals surface area (Å²) in [6.45, 7) is 1.59. The number of methoxy groups -OCH3 is 1. The number of nitrogens with zero attached hydrogens (tertiary/aromatic N) is 5. The molecule has 2 amide bonds. The third-order valence-electron chi connectivity index (χ3n) is 3.88. The smallest absolute Gasteiger partial charge is 0.335 e. The number of sulfonamides is 1. The maximum atomic E-state index is 12.7. The highest BCUT2D eigenvalue weighted by Crippen LogP contribution is 2.26. The van der Waals surface area contributed by atoms with Gasteiger partial charge in [0.1, 0.15) is 5.82 Å². The lowest BCUT2D eigenvalue weighted by molar-refractivity contribution is 0.256. The Morgan fingerprint density at radius 3 is 2.65 bits per heavy atom. The van der Waals surface area contributed by atoms with Crippen molar-refractivity contribution in [2.75, 3.05) is 12.4 Å². The third-order valence-corrected chi connectivity index (χ3v) is 5.35. The molecule has 0 aliphatic heterocycles. The lowest BCUT2D eigenvalue weighted by Crippen LogP contribution is -2.36. The molecule has 0 spiro atoms. The minimum Gasteiger partial charge on any atom is -0.467 e. The van der Waals surface area contributed by atoms with Crippen LogP contribution in [0.2, 0.25) is 0 Å². The van der Waals surface area contributed by atoms with Gasteiger partial charge in [0, 0.05) is 12.6 Å². The molecule has 11 nitrogen and oxygen atoms in total. The number of carbonyl (C=O) groups excluding carboxylic acids is 1. The first kappa shape index (κ1) is 18.0. The third kappa shape index (κ3) is 3.59. The first-order valence-electron chi connectivity index (χ1n) is 7.95. The summed E-state index contributed by atoms with van der Waals surface area (Å²) in [5.41, 5.74) is 1.43. The molecule has 26 heavy (non-hydrogen) atoms. The average molecular weight is 381 g/mol. The largest absolute Gasteiger partial charge is 0.467 e. The lowest BCUT2D eigenvalue weighted by atomic mass is 9.99. The fourth-order valence-electron chi connectivity index (χ4n) is 2.89. The lowest BCUT2D eigenvalue weighted by Gasteiger charge is -2.12. The zero-order chi connectivity index (χ0) is 18.9. The van der Waals surface area contributed by atoms with E-state index in [1.807, 2.05) is 4.72 Å². The monoisotopic (exact) mass is 381 g/mol. The van der Waals surface area contributed by atoms with Gasteiger partial charge in [-0.1, -0.05) is 0 Å². The predicted molar refractivity (Wildman–Crippen MR) is 90.3 cm³/mol. The van der Waals surface area contributed by atoms with Crippen LogP contribution in [-0.2, 0) is 29.9 Å². The molecule has 1 aliphatic carbocycles. The first-order chi connectivity index (χ1) is 12.3. The highest BCUT2D eigenvalue weighted by Gasteiger charge is 2.30. The molecule has 2 N–H and O–H groups in total. The van der Waals surface area contributed by atoms with Crippen molar-refractivity contribution in [3.05, 3.63) is 17.1 Å². The Kier molecular flexibility index (Phi) is 4.76. The second-order valence-corrected chi connectivity index (χ2v) is 7.41. The number of aromatic nitrogens is 5. The fraction of sp³-hybridized carbons (Fsp3) is 0.500. The molecule has 0 saturated carbocycles. The van der Waals surface area contributed by atoms with Gasteiger partial charge in [-0.3, -0.25) is 10.00 Å². The van der Waals surface area contributed by atoms with Crippen LogP contribution in [0.3, 0.4) is 0 Å². The highest BCUT2D eigenvalue weighted by atomic mass is 32.2. The first-order valence-corrected chi connectivity index (χ1v) is 9.43. The molecule has 3 rings (SSSR count). The van der Waals surface area contributed by atoms with Crippen molar-refractivity contribution in [3.63, 3.8) is 0 Å². The molecule has 0 atom stereocenters. The molecule has 2 aromatic heterocycles. The number of hydrogen-bond donors (Lipinski definition) is 2. The molecule has 1 aliphatic rings. The number of aryl methyl sites for hydroxylation is 3. The van der Waals surface area contributed by atoms with Crippen LogP contribution in [0.25, 0.3) is 0 Å². The number of urea groups is 1. The van der Waals surface area contributed by atoms with E-state index in [2.05, 4.69) is 25.4 Å². The summed E-state index contributed by atoms with van der Waals surface area (Å²) in [6, 6.07) is -0.972. The summed E-state index contributed by atoms with van der Waals surface area (Å²) in [7, 11) is -1.18. The van der Waals surface area contributed by atoms with Gasteiger partial charge >= 0.3 is 12.0 Å². The second kappa shape index (κ2) is 6.86. The Bertz CT molecular complexity index is 954. The van der Waals surface area contributed by atoms with E-state index >= 15 is 0 Å². The van der Waals surface area contributed by atoms with Crippen molar-refractivity contribution in [2.24, 2.45) is 7.05 Å². The molecule has 0 saturated heterocycles. The Balaban J connectivity index is 1.81. The van der Waals surface area contributed by atoms with Crippen molar-refractivity contribution in [1.29, 1.82) is 0 Å². The van der Waals surface area contributed by atoms with Crippen LogP contribution in [-0.4, -0.2) is 46.3 Å². The average Bonchev–Trinajstić information content (AvgIpc) is 2.89. The number of amides is 2. The Hall–Kier alpha value is -2.76. The second-order valence-electron chi connectivity index (χ2n) is 5.81. The number of rotatable bonds is 4. The van der Waals surface area contributed by atoms with Gasteiger partial charge in [0.2, 0.25) is 5.95 Å². The normalized spacial score (nSPS) is 13.8. The van der Waals surface area contributed by atoms with E-state index in [-0.39, 0.29) is 17.0 Å². The predicted octanol–water partition coefficient (Wildman–Crippen LogP) is 0.311. The van der Waals surface area contributed by atoms with E-state index in [0.29, 0.717) is 17.8 Å². The Morgan fingerprint density at radius 2 is 1.92 bits per heavy atom. The van der Waals surface area contributed by atoms with Crippen molar-refractivity contribution >= 4 is 22.0 Å². The molecule has 0 bridgehead atoms. The van der Waals surface area contributed by atoms with Gasteiger partial charge in [0.05, 0.1) is 12.8 Å². The van der Waals surface area contributed by atoms with E-state index in [4.69, 9.17) is 4.74 Å². The molecular formula is C14H19N7O4S. The zero-order valence-electron chi connectivity index (χ0n) is 14.6. The van der Waals surface area contributed by atoms with E-state index in [1.54, 1.807) is 14.0 Å². The summed E-state index contributed by atoms with van der Waals surface area (Å²) in [5, 5.41) is 6.54. The summed E-state index contributed by atoms with van der Waals surface area (Å²) in [5.74, 6) is 0.199. The van der Waals surface area contributed by atoms with Gasteiger partial charge in [-0.25, -0.2) is 9.52 Å². The topological polar surface area (TPSA) is 141 Å². The molecule has 140 valence electrons. The van der Waals surface area contributed by atoms with E-state index in [9.17, 15) is 13.2 Å². The Labute approximate surface area is 150 Å². The fourth-order valence-corrected chi connectivity index (χ4v) is 4.21. The quantitative estimate of drug-likeness (QED) is 0.771. The van der Waals surface area contributed by atoms with Gasteiger partial charge in [-0.2, -0.15) is 28.5 Å². The van der Waals surface area contributed by atoms with Crippen LogP contribution in [0.5, 0.6) is 6.01 Å². The van der Waals surface area contributed by atoms with Gasteiger partial charge in [-0.05, 0) is 32.6 Å².